The molecule has 3 nitrogen and oxygen atoms in total. The Morgan fingerprint density at radius 3 is 2.83 bits per heavy atom. The molecular formula is C15H20N2O. The second-order valence-corrected chi connectivity index (χ2v) is 4.96. The van der Waals surface area contributed by atoms with Crippen molar-refractivity contribution in [1.82, 2.24) is 4.98 Å². The van der Waals surface area contributed by atoms with E-state index in [4.69, 9.17) is 10.5 Å². The van der Waals surface area contributed by atoms with E-state index in [1.54, 1.807) is 6.20 Å². The molecule has 0 amide bonds. The maximum Gasteiger partial charge on any atom is 0.0818 e. The van der Waals surface area contributed by atoms with Crippen LogP contribution < -0.4 is 5.73 Å². The maximum atomic E-state index is 6.37. The normalized spacial score (nSPS) is 13.8. The van der Waals surface area contributed by atoms with Gasteiger partial charge in [-0.3, -0.25) is 4.98 Å². The molecule has 0 aliphatic heterocycles. The number of ether oxygens (including phenoxy) is 1. The number of benzene rings is 1. The van der Waals surface area contributed by atoms with Crippen molar-refractivity contribution in [2.75, 3.05) is 6.61 Å². The summed E-state index contributed by atoms with van der Waals surface area (Å²) in [6, 6.07) is 7.97. The van der Waals surface area contributed by atoms with Gasteiger partial charge in [-0.15, -0.1) is 0 Å². The molecule has 0 saturated carbocycles. The summed E-state index contributed by atoms with van der Waals surface area (Å²) in [6.45, 7) is 6.69. The van der Waals surface area contributed by atoms with E-state index in [9.17, 15) is 0 Å². The Kier molecular flexibility index (Phi) is 3.64. The van der Waals surface area contributed by atoms with Gasteiger partial charge in [0.15, 0.2) is 0 Å². The summed E-state index contributed by atoms with van der Waals surface area (Å²) >= 11 is 0. The van der Waals surface area contributed by atoms with Crippen LogP contribution in [0.25, 0.3) is 10.8 Å². The first kappa shape index (κ1) is 13.0. The molecule has 0 saturated heterocycles. The molecule has 0 aliphatic carbocycles. The summed E-state index contributed by atoms with van der Waals surface area (Å²) in [6.07, 6.45) is 3.66. The Labute approximate surface area is 108 Å². The van der Waals surface area contributed by atoms with Crippen LogP contribution in [0.1, 0.15) is 32.4 Å². The van der Waals surface area contributed by atoms with Gasteiger partial charge in [-0.05, 0) is 37.8 Å². The van der Waals surface area contributed by atoms with Gasteiger partial charge in [-0.25, -0.2) is 0 Å². The minimum atomic E-state index is -0.390. The number of hydrogen-bond donors (Lipinski definition) is 1. The van der Waals surface area contributed by atoms with Crippen molar-refractivity contribution in [2.24, 2.45) is 5.73 Å². The van der Waals surface area contributed by atoms with Gasteiger partial charge < -0.3 is 10.5 Å². The number of fused-ring (bicyclic) bond motifs is 1. The molecule has 0 bridgehead atoms. The second-order valence-electron chi connectivity index (χ2n) is 4.96. The van der Waals surface area contributed by atoms with Crippen molar-refractivity contribution >= 4 is 10.8 Å². The van der Waals surface area contributed by atoms with E-state index in [1.807, 2.05) is 39.1 Å². The highest BCUT2D eigenvalue weighted by Crippen LogP contribution is 2.31. The monoisotopic (exact) mass is 244 g/mol. The zero-order valence-electron chi connectivity index (χ0n) is 11.2. The lowest BCUT2D eigenvalue weighted by atomic mass is 9.89. The van der Waals surface area contributed by atoms with Crippen LogP contribution in [0.15, 0.2) is 36.7 Å². The van der Waals surface area contributed by atoms with Crippen molar-refractivity contribution in [3.05, 3.63) is 42.2 Å². The predicted molar refractivity (Wildman–Crippen MR) is 74.4 cm³/mol. The maximum absolute atomic E-state index is 6.37. The largest absolute Gasteiger partial charge is 0.374 e. The smallest absolute Gasteiger partial charge is 0.0818 e. The molecule has 0 fully saturated rings. The zero-order valence-corrected chi connectivity index (χ0v) is 11.2. The fourth-order valence-corrected chi connectivity index (χ4v) is 2.24. The Hall–Kier alpha value is -1.45. The average molecular weight is 244 g/mol. The average Bonchev–Trinajstić information content (AvgIpc) is 2.37. The third-order valence-corrected chi connectivity index (χ3v) is 3.32. The fourth-order valence-electron chi connectivity index (χ4n) is 2.24. The summed E-state index contributed by atoms with van der Waals surface area (Å²) < 4.78 is 5.75. The first-order valence-electron chi connectivity index (χ1n) is 6.28. The van der Waals surface area contributed by atoms with Crippen molar-refractivity contribution < 1.29 is 4.74 Å². The van der Waals surface area contributed by atoms with Crippen LogP contribution in [-0.2, 0) is 4.74 Å². The van der Waals surface area contributed by atoms with Gasteiger partial charge in [-0.1, -0.05) is 18.2 Å². The Balaban J connectivity index is 2.48. The highest BCUT2D eigenvalue weighted by molar-refractivity contribution is 5.85. The molecule has 2 rings (SSSR count). The zero-order chi connectivity index (χ0) is 13.2. The van der Waals surface area contributed by atoms with Crippen LogP contribution >= 0.6 is 0 Å². The topological polar surface area (TPSA) is 48.1 Å². The molecule has 2 N–H and O–H groups in total. The molecular weight excluding hydrogens is 224 g/mol. The quantitative estimate of drug-likeness (QED) is 0.899. The van der Waals surface area contributed by atoms with Crippen molar-refractivity contribution in [2.45, 2.75) is 32.4 Å². The van der Waals surface area contributed by atoms with Gasteiger partial charge in [0.2, 0.25) is 0 Å². The number of pyridine rings is 1. The van der Waals surface area contributed by atoms with E-state index >= 15 is 0 Å². The number of aromatic nitrogens is 1. The highest BCUT2D eigenvalue weighted by atomic mass is 16.5. The minimum Gasteiger partial charge on any atom is -0.374 e. The van der Waals surface area contributed by atoms with Crippen LogP contribution in [0.2, 0.25) is 0 Å². The summed E-state index contributed by atoms with van der Waals surface area (Å²) in [5.74, 6) is 0. The van der Waals surface area contributed by atoms with E-state index < -0.39 is 5.60 Å². The summed E-state index contributed by atoms with van der Waals surface area (Å²) in [4.78, 5) is 4.19. The second kappa shape index (κ2) is 5.04. The molecule has 3 heteroatoms. The van der Waals surface area contributed by atoms with E-state index in [1.165, 1.54) is 0 Å². The summed E-state index contributed by atoms with van der Waals surface area (Å²) in [5, 5.41) is 2.26. The first-order chi connectivity index (χ1) is 8.56. The Morgan fingerprint density at radius 2 is 2.11 bits per heavy atom. The van der Waals surface area contributed by atoms with E-state index in [0.29, 0.717) is 6.61 Å². The number of rotatable bonds is 4. The lowest BCUT2D eigenvalue weighted by Gasteiger charge is -2.32. The van der Waals surface area contributed by atoms with Crippen LogP contribution in [0.5, 0.6) is 0 Å². The molecule has 0 spiro atoms. The molecule has 0 radical (unpaired) electrons. The third kappa shape index (κ3) is 2.37. The van der Waals surface area contributed by atoms with E-state index in [2.05, 4.69) is 17.1 Å². The van der Waals surface area contributed by atoms with Crippen LogP contribution in [0.3, 0.4) is 0 Å². The molecule has 96 valence electrons. The molecule has 1 atom stereocenters. The molecule has 1 unspecified atom stereocenters. The molecule has 1 aromatic heterocycles. The molecule has 18 heavy (non-hydrogen) atoms. The fraction of sp³-hybridized carbons (Fsp3) is 0.400. The van der Waals surface area contributed by atoms with Crippen molar-refractivity contribution in [1.29, 1.82) is 0 Å². The number of nitrogens with two attached hydrogens (primary N) is 1. The predicted octanol–water partition coefficient (Wildman–Crippen LogP) is 3.05. The molecule has 2 aromatic rings. The van der Waals surface area contributed by atoms with Gasteiger partial charge in [0.1, 0.15) is 0 Å². The molecule has 1 aromatic carbocycles. The number of nitrogens with zero attached hydrogens (tertiary/aromatic N) is 1. The highest BCUT2D eigenvalue weighted by Gasteiger charge is 2.29. The Bertz CT molecular complexity index is 532. The minimum absolute atomic E-state index is 0.176. The SMILES string of the molecule is CCOC(C)(C)C(N)c1cccc2ccncc12. The third-order valence-electron chi connectivity index (χ3n) is 3.32. The van der Waals surface area contributed by atoms with Crippen LogP contribution in [0, 0.1) is 0 Å². The van der Waals surface area contributed by atoms with E-state index in [0.717, 1.165) is 16.3 Å². The summed E-state index contributed by atoms with van der Waals surface area (Å²) in [5.41, 5.74) is 7.06. The lowest BCUT2D eigenvalue weighted by Crippen LogP contribution is -2.38. The van der Waals surface area contributed by atoms with Gasteiger partial charge in [0.05, 0.1) is 11.6 Å². The van der Waals surface area contributed by atoms with Crippen LogP contribution in [0.4, 0.5) is 0 Å². The van der Waals surface area contributed by atoms with Gasteiger partial charge >= 0.3 is 0 Å². The first-order valence-corrected chi connectivity index (χ1v) is 6.28. The number of hydrogen-bond acceptors (Lipinski definition) is 3. The van der Waals surface area contributed by atoms with Crippen LogP contribution in [-0.4, -0.2) is 17.2 Å². The van der Waals surface area contributed by atoms with E-state index in [-0.39, 0.29) is 6.04 Å². The molecule has 0 aliphatic rings. The Morgan fingerprint density at radius 1 is 1.33 bits per heavy atom. The van der Waals surface area contributed by atoms with Crippen molar-refractivity contribution in [3.8, 4) is 0 Å². The van der Waals surface area contributed by atoms with Gasteiger partial charge in [-0.2, -0.15) is 0 Å². The van der Waals surface area contributed by atoms with Crippen molar-refractivity contribution in [3.63, 3.8) is 0 Å². The summed E-state index contributed by atoms with van der Waals surface area (Å²) in [7, 11) is 0. The molecule has 1 heterocycles. The standard InChI is InChI=1S/C15H20N2O/c1-4-18-15(2,3)14(16)12-7-5-6-11-8-9-17-10-13(11)12/h5-10,14H,4,16H2,1-3H3. The lowest BCUT2D eigenvalue weighted by molar-refractivity contribution is -0.0294. The van der Waals surface area contributed by atoms with Gasteiger partial charge in [0, 0.05) is 24.4 Å². The van der Waals surface area contributed by atoms with Gasteiger partial charge in [0.25, 0.3) is 0 Å².